The van der Waals surface area contributed by atoms with Crippen molar-refractivity contribution >= 4 is 0 Å². The quantitative estimate of drug-likeness (QED) is 0.937. The number of benzene rings is 2. The zero-order valence-electron chi connectivity index (χ0n) is 11.3. The number of ether oxygens (including phenoxy) is 1. The van der Waals surface area contributed by atoms with Crippen LogP contribution in [0, 0.1) is 23.0 Å². The van der Waals surface area contributed by atoms with Gasteiger partial charge in [-0.25, -0.2) is 8.78 Å². The Morgan fingerprint density at radius 2 is 1.95 bits per heavy atom. The van der Waals surface area contributed by atoms with E-state index in [0.29, 0.717) is 11.1 Å². The van der Waals surface area contributed by atoms with E-state index in [1.807, 2.05) is 6.07 Å². The zero-order valence-corrected chi connectivity index (χ0v) is 11.3. The topological polar surface area (TPSA) is 53.2 Å². The number of nitriles is 1. The van der Waals surface area contributed by atoms with Crippen LogP contribution in [0.2, 0.25) is 0 Å². The van der Waals surface area contributed by atoms with Gasteiger partial charge in [-0.1, -0.05) is 0 Å². The molecule has 0 saturated carbocycles. The van der Waals surface area contributed by atoms with E-state index in [9.17, 15) is 13.9 Å². The lowest BCUT2D eigenvalue weighted by molar-refractivity contribution is 0.189. The van der Waals surface area contributed by atoms with Crippen LogP contribution in [0.4, 0.5) is 8.78 Å². The summed E-state index contributed by atoms with van der Waals surface area (Å²) in [7, 11) is 0. The maximum absolute atomic E-state index is 13.3. The smallest absolute Gasteiger partial charge is 0.128 e. The molecule has 5 heteroatoms. The Balaban J connectivity index is 2.22. The molecule has 0 heterocycles. The monoisotopic (exact) mass is 289 g/mol. The Hall–Kier alpha value is -2.45. The molecule has 0 amide bonds. The molecule has 21 heavy (non-hydrogen) atoms. The van der Waals surface area contributed by atoms with E-state index in [1.54, 1.807) is 0 Å². The highest BCUT2D eigenvalue weighted by atomic mass is 19.1. The van der Waals surface area contributed by atoms with Gasteiger partial charge in [0.05, 0.1) is 17.7 Å². The normalized spacial score (nSPS) is 11.8. The molecule has 0 aromatic heterocycles. The summed E-state index contributed by atoms with van der Waals surface area (Å²) in [6, 6.07) is 9.51. The maximum Gasteiger partial charge on any atom is 0.128 e. The summed E-state index contributed by atoms with van der Waals surface area (Å²) < 4.78 is 32.0. The fourth-order valence-corrected chi connectivity index (χ4v) is 1.94. The molecule has 0 fully saturated rings. The lowest BCUT2D eigenvalue weighted by Crippen LogP contribution is -2.02. The van der Waals surface area contributed by atoms with Crippen LogP contribution in [0.3, 0.4) is 0 Å². The third kappa shape index (κ3) is 3.77. The minimum absolute atomic E-state index is 0.0321. The molecule has 0 saturated heterocycles. The van der Waals surface area contributed by atoms with Crippen LogP contribution < -0.4 is 4.74 Å². The number of rotatable bonds is 4. The van der Waals surface area contributed by atoms with E-state index in [0.717, 1.165) is 12.1 Å². The lowest BCUT2D eigenvalue weighted by atomic mass is 10.1. The van der Waals surface area contributed by atoms with Crippen LogP contribution in [0.5, 0.6) is 5.75 Å². The first kappa shape index (κ1) is 14.9. The van der Waals surface area contributed by atoms with Gasteiger partial charge in [-0.2, -0.15) is 5.26 Å². The largest absolute Gasteiger partial charge is 0.488 e. The minimum atomic E-state index is -0.817. The van der Waals surface area contributed by atoms with Crippen molar-refractivity contribution in [1.82, 2.24) is 0 Å². The SMILES string of the molecule is CC(O)c1ccc(F)cc1OCc1cc(F)cc(C#N)c1. The number of nitrogens with zero attached hydrogens (tertiary/aromatic N) is 1. The fraction of sp³-hybridized carbons (Fsp3) is 0.188. The Kier molecular flexibility index (Phi) is 4.51. The molecule has 0 radical (unpaired) electrons. The van der Waals surface area contributed by atoms with Crippen LogP contribution in [0.15, 0.2) is 36.4 Å². The van der Waals surface area contributed by atoms with Crippen molar-refractivity contribution in [3.8, 4) is 11.8 Å². The molecule has 1 unspecified atom stereocenters. The molecular weight excluding hydrogens is 276 g/mol. The maximum atomic E-state index is 13.3. The predicted octanol–water partition coefficient (Wildman–Crippen LogP) is 3.47. The van der Waals surface area contributed by atoms with Crippen molar-refractivity contribution in [1.29, 1.82) is 5.26 Å². The Morgan fingerprint density at radius 3 is 2.62 bits per heavy atom. The van der Waals surface area contributed by atoms with E-state index >= 15 is 0 Å². The molecule has 2 aromatic rings. The molecule has 0 aliphatic heterocycles. The van der Waals surface area contributed by atoms with Gasteiger partial charge in [0, 0.05) is 11.6 Å². The summed E-state index contributed by atoms with van der Waals surface area (Å²) in [5.74, 6) is -0.846. The Morgan fingerprint density at radius 1 is 1.19 bits per heavy atom. The molecule has 2 rings (SSSR count). The van der Waals surface area contributed by atoms with Crippen molar-refractivity contribution < 1.29 is 18.6 Å². The van der Waals surface area contributed by atoms with E-state index in [2.05, 4.69) is 0 Å². The molecular formula is C16H13F2NO2. The van der Waals surface area contributed by atoms with Crippen molar-refractivity contribution in [2.75, 3.05) is 0 Å². The second kappa shape index (κ2) is 6.33. The highest BCUT2D eigenvalue weighted by Crippen LogP contribution is 2.27. The van der Waals surface area contributed by atoms with Gasteiger partial charge < -0.3 is 9.84 Å². The van der Waals surface area contributed by atoms with Gasteiger partial charge in [0.1, 0.15) is 24.0 Å². The van der Waals surface area contributed by atoms with Gasteiger partial charge in [0.15, 0.2) is 0 Å². The molecule has 108 valence electrons. The summed E-state index contributed by atoms with van der Waals surface area (Å²) in [6.45, 7) is 1.51. The van der Waals surface area contributed by atoms with Crippen molar-refractivity contribution in [3.63, 3.8) is 0 Å². The number of aliphatic hydroxyl groups excluding tert-OH is 1. The third-order valence-electron chi connectivity index (χ3n) is 2.91. The highest BCUT2D eigenvalue weighted by Gasteiger charge is 2.11. The molecule has 0 aliphatic carbocycles. The zero-order chi connectivity index (χ0) is 15.4. The summed E-state index contributed by atoms with van der Waals surface area (Å²) >= 11 is 0. The first-order chi connectivity index (χ1) is 9.99. The number of hydrogen-bond acceptors (Lipinski definition) is 3. The molecule has 2 aromatic carbocycles. The Labute approximate surface area is 121 Å². The second-order valence-electron chi connectivity index (χ2n) is 4.61. The van der Waals surface area contributed by atoms with E-state index in [1.165, 1.54) is 31.2 Å². The molecule has 0 spiro atoms. The predicted molar refractivity (Wildman–Crippen MR) is 72.5 cm³/mol. The average molecular weight is 289 g/mol. The van der Waals surface area contributed by atoms with E-state index in [4.69, 9.17) is 10.00 Å². The Bertz CT molecular complexity index is 693. The first-order valence-corrected chi connectivity index (χ1v) is 6.29. The second-order valence-corrected chi connectivity index (χ2v) is 4.61. The lowest BCUT2D eigenvalue weighted by Gasteiger charge is -2.13. The number of aliphatic hydroxyl groups is 1. The van der Waals surface area contributed by atoms with Gasteiger partial charge >= 0.3 is 0 Å². The highest BCUT2D eigenvalue weighted by molar-refractivity contribution is 5.37. The van der Waals surface area contributed by atoms with Gasteiger partial charge in [0.2, 0.25) is 0 Å². The fourth-order valence-electron chi connectivity index (χ4n) is 1.94. The van der Waals surface area contributed by atoms with Crippen molar-refractivity contribution in [2.45, 2.75) is 19.6 Å². The van der Waals surface area contributed by atoms with Crippen molar-refractivity contribution in [3.05, 3.63) is 64.7 Å². The third-order valence-corrected chi connectivity index (χ3v) is 2.91. The van der Waals surface area contributed by atoms with Crippen LogP contribution >= 0.6 is 0 Å². The summed E-state index contributed by atoms with van der Waals surface area (Å²) in [4.78, 5) is 0. The first-order valence-electron chi connectivity index (χ1n) is 6.29. The van der Waals surface area contributed by atoms with E-state index < -0.39 is 17.7 Å². The summed E-state index contributed by atoms with van der Waals surface area (Å²) in [5.41, 5.74) is 1.07. The molecule has 0 bridgehead atoms. The van der Waals surface area contributed by atoms with Crippen LogP contribution in [0.25, 0.3) is 0 Å². The van der Waals surface area contributed by atoms with E-state index in [-0.39, 0.29) is 17.9 Å². The summed E-state index contributed by atoms with van der Waals surface area (Å²) in [5, 5.41) is 18.4. The van der Waals surface area contributed by atoms with Gasteiger partial charge in [0.25, 0.3) is 0 Å². The molecule has 1 atom stereocenters. The molecule has 1 N–H and O–H groups in total. The number of halogens is 2. The molecule has 3 nitrogen and oxygen atoms in total. The van der Waals surface area contributed by atoms with Crippen molar-refractivity contribution in [2.24, 2.45) is 0 Å². The van der Waals surface area contributed by atoms with Gasteiger partial charge in [-0.15, -0.1) is 0 Å². The van der Waals surface area contributed by atoms with Crippen LogP contribution in [0.1, 0.15) is 29.7 Å². The van der Waals surface area contributed by atoms with Gasteiger partial charge in [-0.05, 0) is 42.8 Å². The standard InChI is InChI=1S/C16H13F2NO2/c1-10(20)15-3-2-13(17)7-16(15)21-9-12-4-11(8-19)5-14(18)6-12/h2-7,10,20H,9H2,1H3. The van der Waals surface area contributed by atoms with Gasteiger partial charge in [-0.3, -0.25) is 0 Å². The minimum Gasteiger partial charge on any atom is -0.488 e. The van der Waals surface area contributed by atoms with Crippen LogP contribution in [-0.2, 0) is 6.61 Å². The average Bonchev–Trinajstić information content (AvgIpc) is 2.44. The van der Waals surface area contributed by atoms with Crippen LogP contribution in [-0.4, -0.2) is 5.11 Å². The molecule has 0 aliphatic rings. The summed E-state index contributed by atoms with van der Waals surface area (Å²) in [6.07, 6.45) is -0.817. The number of hydrogen-bond donors (Lipinski definition) is 1.